The van der Waals surface area contributed by atoms with E-state index in [0.717, 1.165) is 4.90 Å². The van der Waals surface area contributed by atoms with Crippen LogP contribution in [-0.4, -0.2) is 6.26 Å². The lowest BCUT2D eigenvalue weighted by Gasteiger charge is -1.81. The molecule has 0 aliphatic rings. The fourth-order valence-corrected chi connectivity index (χ4v) is 1.05. The van der Waals surface area contributed by atoms with Gasteiger partial charge in [0.25, 0.3) is 0 Å². The van der Waals surface area contributed by atoms with Crippen LogP contribution in [0.15, 0.2) is 26.8 Å². The second-order valence-corrected chi connectivity index (χ2v) is 2.72. The summed E-state index contributed by atoms with van der Waals surface area (Å²) in [4.78, 5) is 3.67. The van der Waals surface area contributed by atoms with E-state index in [-0.39, 0.29) is 6.54 Å². The van der Waals surface area contributed by atoms with E-state index < -0.39 is 0 Å². The number of hydrogen-bond acceptors (Lipinski definition) is 3. The van der Waals surface area contributed by atoms with Crippen LogP contribution in [0.3, 0.4) is 0 Å². The molecule has 1 rings (SSSR count). The summed E-state index contributed by atoms with van der Waals surface area (Å²) in [6.07, 6.45) is 3.61. The highest BCUT2D eigenvalue weighted by molar-refractivity contribution is 7.98. The third-order valence-corrected chi connectivity index (χ3v) is 1.84. The fourth-order valence-electron chi connectivity index (χ4n) is 0.652. The summed E-state index contributed by atoms with van der Waals surface area (Å²) in [5.74, 6) is 0.701. The Bertz CT molecular complexity index is 277. The summed E-state index contributed by atoms with van der Waals surface area (Å²) >= 11 is 1.59. The molecule has 0 N–H and O–H groups in total. The van der Waals surface area contributed by atoms with E-state index in [0.29, 0.717) is 5.76 Å². The zero-order chi connectivity index (χ0) is 8.10. The predicted octanol–water partition coefficient (Wildman–Crippen LogP) is 2.81. The van der Waals surface area contributed by atoms with Crippen LogP contribution in [0.2, 0.25) is 0 Å². The van der Waals surface area contributed by atoms with Crippen molar-refractivity contribution in [2.75, 3.05) is 6.26 Å². The monoisotopic (exact) mass is 169 g/mol. The molecule has 0 radical (unpaired) electrons. The van der Waals surface area contributed by atoms with Gasteiger partial charge in [-0.1, -0.05) is 5.11 Å². The van der Waals surface area contributed by atoms with Gasteiger partial charge in [-0.2, -0.15) is 0 Å². The van der Waals surface area contributed by atoms with Crippen LogP contribution in [0.4, 0.5) is 0 Å². The minimum absolute atomic E-state index is 0.289. The van der Waals surface area contributed by atoms with Crippen molar-refractivity contribution in [1.82, 2.24) is 0 Å². The zero-order valence-electron chi connectivity index (χ0n) is 6.02. The van der Waals surface area contributed by atoms with Crippen molar-refractivity contribution >= 4 is 11.8 Å². The van der Waals surface area contributed by atoms with Gasteiger partial charge in [-0.05, 0) is 17.9 Å². The molecule has 0 spiro atoms. The van der Waals surface area contributed by atoms with Crippen LogP contribution in [0.1, 0.15) is 5.76 Å². The second kappa shape index (κ2) is 3.95. The first-order valence-electron chi connectivity index (χ1n) is 2.99. The molecule has 1 heterocycles. The highest BCUT2D eigenvalue weighted by Gasteiger charge is 1.97. The average molecular weight is 169 g/mol. The van der Waals surface area contributed by atoms with Gasteiger partial charge in [-0.25, -0.2) is 0 Å². The van der Waals surface area contributed by atoms with Crippen LogP contribution in [0, 0.1) is 0 Å². The lowest BCUT2D eigenvalue weighted by molar-refractivity contribution is 0.508. The van der Waals surface area contributed by atoms with Gasteiger partial charge in [-0.15, -0.1) is 11.8 Å². The van der Waals surface area contributed by atoms with E-state index in [1.807, 2.05) is 12.3 Å². The molecule has 1 aromatic rings. The lowest BCUT2D eigenvalue weighted by Crippen LogP contribution is -1.70. The molecule has 5 heteroatoms. The third kappa shape index (κ3) is 2.22. The van der Waals surface area contributed by atoms with Crippen molar-refractivity contribution in [2.24, 2.45) is 5.11 Å². The van der Waals surface area contributed by atoms with Crippen LogP contribution in [0.25, 0.3) is 10.4 Å². The summed E-state index contributed by atoms with van der Waals surface area (Å²) < 4.78 is 5.07. The number of rotatable bonds is 3. The van der Waals surface area contributed by atoms with Crippen LogP contribution in [-0.2, 0) is 6.54 Å². The molecule has 0 bridgehead atoms. The van der Waals surface area contributed by atoms with Gasteiger partial charge in [0.15, 0.2) is 0 Å². The molecular formula is C6H7N3OS. The second-order valence-electron chi connectivity index (χ2n) is 1.84. The van der Waals surface area contributed by atoms with Gasteiger partial charge in [-0.3, -0.25) is 0 Å². The molecule has 0 aromatic carbocycles. The maximum absolute atomic E-state index is 8.00. The molecule has 0 aliphatic carbocycles. The van der Waals surface area contributed by atoms with E-state index >= 15 is 0 Å². The number of azide groups is 1. The van der Waals surface area contributed by atoms with Gasteiger partial charge in [0.05, 0.1) is 6.54 Å². The highest BCUT2D eigenvalue weighted by atomic mass is 32.2. The Kier molecular flexibility index (Phi) is 2.89. The van der Waals surface area contributed by atoms with Gasteiger partial charge >= 0.3 is 0 Å². The lowest BCUT2D eigenvalue weighted by atomic mass is 10.5. The standard InChI is InChI=1S/C6H7N3OS/c1-11-6-2-5(10-4-6)3-8-9-7/h2,4H,3H2,1H3. The minimum atomic E-state index is 0.289. The number of thioether (sulfide) groups is 1. The third-order valence-electron chi connectivity index (χ3n) is 1.16. The quantitative estimate of drug-likeness (QED) is 0.302. The van der Waals surface area contributed by atoms with E-state index in [1.54, 1.807) is 18.0 Å². The maximum atomic E-state index is 8.00. The Morgan fingerprint density at radius 2 is 2.64 bits per heavy atom. The molecule has 0 unspecified atom stereocenters. The summed E-state index contributed by atoms with van der Waals surface area (Å²) in [6, 6.07) is 1.86. The van der Waals surface area contributed by atoms with Crippen molar-refractivity contribution in [3.63, 3.8) is 0 Å². The molecular weight excluding hydrogens is 162 g/mol. The predicted molar refractivity (Wildman–Crippen MR) is 43.3 cm³/mol. The van der Waals surface area contributed by atoms with Crippen molar-refractivity contribution in [3.8, 4) is 0 Å². The smallest absolute Gasteiger partial charge is 0.110 e. The number of furan rings is 1. The molecule has 0 atom stereocenters. The normalized spacial score (nSPS) is 9.18. The fraction of sp³-hybridized carbons (Fsp3) is 0.333. The van der Waals surface area contributed by atoms with Gasteiger partial charge in [0.2, 0.25) is 0 Å². The summed E-state index contributed by atoms with van der Waals surface area (Å²) in [7, 11) is 0. The molecule has 58 valence electrons. The molecule has 1 aromatic heterocycles. The number of nitrogens with zero attached hydrogens (tertiary/aromatic N) is 3. The summed E-state index contributed by atoms with van der Waals surface area (Å²) in [5.41, 5.74) is 8.00. The Hall–Kier alpha value is -1.06. The van der Waals surface area contributed by atoms with Crippen molar-refractivity contribution in [2.45, 2.75) is 11.4 Å². The molecule has 0 fully saturated rings. The minimum Gasteiger partial charge on any atom is -0.468 e. The largest absolute Gasteiger partial charge is 0.468 e. The average Bonchev–Trinajstić information content (AvgIpc) is 2.48. The topological polar surface area (TPSA) is 61.9 Å². The number of hydrogen-bond donors (Lipinski definition) is 0. The van der Waals surface area contributed by atoms with Crippen LogP contribution in [0.5, 0.6) is 0 Å². The van der Waals surface area contributed by atoms with E-state index in [9.17, 15) is 0 Å². The molecule has 0 saturated carbocycles. The summed E-state index contributed by atoms with van der Waals surface area (Å²) in [6.45, 7) is 0.289. The first-order valence-corrected chi connectivity index (χ1v) is 4.21. The maximum Gasteiger partial charge on any atom is 0.110 e. The van der Waals surface area contributed by atoms with Gasteiger partial charge < -0.3 is 4.42 Å². The SMILES string of the molecule is CSc1coc(CN=[N+]=[N-])c1. The van der Waals surface area contributed by atoms with Gasteiger partial charge in [0, 0.05) is 9.81 Å². The molecule has 0 amide bonds. The Morgan fingerprint density at radius 1 is 1.82 bits per heavy atom. The van der Waals surface area contributed by atoms with Crippen LogP contribution < -0.4 is 0 Å². The van der Waals surface area contributed by atoms with E-state index in [4.69, 9.17) is 9.95 Å². The van der Waals surface area contributed by atoms with Crippen molar-refractivity contribution in [3.05, 3.63) is 28.5 Å². The molecule has 0 aliphatic heterocycles. The van der Waals surface area contributed by atoms with Crippen LogP contribution >= 0.6 is 11.8 Å². The molecule has 11 heavy (non-hydrogen) atoms. The highest BCUT2D eigenvalue weighted by Crippen LogP contribution is 2.18. The van der Waals surface area contributed by atoms with E-state index in [1.165, 1.54) is 0 Å². The Morgan fingerprint density at radius 3 is 3.18 bits per heavy atom. The molecule has 0 saturated heterocycles. The Labute approximate surface area is 68.2 Å². The van der Waals surface area contributed by atoms with Crippen molar-refractivity contribution in [1.29, 1.82) is 0 Å². The first-order chi connectivity index (χ1) is 5.36. The first kappa shape index (κ1) is 8.04. The molecule has 4 nitrogen and oxygen atoms in total. The van der Waals surface area contributed by atoms with Gasteiger partial charge in [0.1, 0.15) is 12.0 Å². The summed E-state index contributed by atoms with van der Waals surface area (Å²) in [5, 5.41) is 3.37. The van der Waals surface area contributed by atoms with E-state index in [2.05, 4.69) is 10.0 Å². The van der Waals surface area contributed by atoms with Crippen molar-refractivity contribution < 1.29 is 4.42 Å². The zero-order valence-corrected chi connectivity index (χ0v) is 6.84. The Balaban J connectivity index is 2.64.